The Morgan fingerprint density at radius 3 is 2.55 bits per heavy atom. The molecule has 0 spiro atoms. The predicted molar refractivity (Wildman–Crippen MR) is 117 cm³/mol. The van der Waals surface area contributed by atoms with E-state index in [9.17, 15) is 13.2 Å². The van der Waals surface area contributed by atoms with Gasteiger partial charge in [0, 0.05) is 16.5 Å². The molecule has 0 bridgehead atoms. The molecule has 5 rings (SSSR count). The Morgan fingerprint density at radius 1 is 1.10 bits per heavy atom. The number of aromatic amines is 1. The van der Waals surface area contributed by atoms with Crippen LogP contribution in [0.15, 0.2) is 29.8 Å². The Balaban J connectivity index is 1.56. The summed E-state index contributed by atoms with van der Waals surface area (Å²) < 4.78 is 23.7. The van der Waals surface area contributed by atoms with Gasteiger partial charge in [0.05, 0.1) is 22.6 Å². The van der Waals surface area contributed by atoms with Crippen molar-refractivity contribution in [3.8, 4) is 11.1 Å². The Kier molecular flexibility index (Phi) is 4.55. The lowest BCUT2D eigenvalue weighted by molar-refractivity contribution is 0.100. The van der Waals surface area contributed by atoms with E-state index >= 15 is 0 Å². The standard InChI is InChI=1S/C22H24N2O3S2/c23-22(25)19-10-15(16-8-17(28-12-16)7-13-1-2-13)9-18-20(11-24-21(18)19)14-3-5-29(26,27)6-4-14/h8-14,24H,1-7H2,(H2,23,25). The number of hydrogen-bond donors (Lipinski definition) is 2. The maximum Gasteiger partial charge on any atom is 0.250 e. The normalized spacial score (nSPS) is 19.6. The van der Waals surface area contributed by atoms with Crippen LogP contribution < -0.4 is 5.73 Å². The third-order valence-electron chi connectivity index (χ3n) is 6.26. The van der Waals surface area contributed by atoms with E-state index in [0.717, 1.165) is 39.9 Å². The molecule has 152 valence electrons. The van der Waals surface area contributed by atoms with Crippen LogP contribution >= 0.6 is 11.3 Å². The lowest BCUT2D eigenvalue weighted by atomic mass is 9.91. The smallest absolute Gasteiger partial charge is 0.250 e. The summed E-state index contributed by atoms with van der Waals surface area (Å²) in [5, 5.41) is 3.14. The molecule has 0 atom stereocenters. The zero-order chi connectivity index (χ0) is 20.2. The maximum atomic E-state index is 12.2. The molecule has 1 aliphatic carbocycles. The number of nitrogens with two attached hydrogens (primary N) is 1. The van der Waals surface area contributed by atoms with Gasteiger partial charge in [-0.05, 0) is 84.2 Å². The van der Waals surface area contributed by atoms with Crippen LogP contribution in [0.1, 0.15) is 52.4 Å². The molecule has 1 amide bonds. The summed E-state index contributed by atoms with van der Waals surface area (Å²) in [6, 6.07) is 6.23. The van der Waals surface area contributed by atoms with Crippen molar-refractivity contribution in [2.75, 3.05) is 11.5 Å². The zero-order valence-electron chi connectivity index (χ0n) is 16.1. The predicted octanol–water partition coefficient (Wildman–Crippen LogP) is 4.24. The molecule has 1 aromatic carbocycles. The molecule has 0 unspecified atom stereocenters. The van der Waals surface area contributed by atoms with Gasteiger partial charge in [-0.2, -0.15) is 0 Å². The van der Waals surface area contributed by atoms with E-state index in [1.807, 2.05) is 12.3 Å². The summed E-state index contributed by atoms with van der Waals surface area (Å²) in [4.78, 5) is 16.8. The quantitative estimate of drug-likeness (QED) is 0.636. The number of H-pyrrole nitrogens is 1. The van der Waals surface area contributed by atoms with Gasteiger partial charge in [0.1, 0.15) is 9.84 Å². The highest BCUT2D eigenvalue weighted by Crippen LogP contribution is 2.39. The second kappa shape index (κ2) is 6.99. The Bertz CT molecular complexity index is 1190. The van der Waals surface area contributed by atoms with E-state index in [1.165, 1.54) is 17.7 Å². The Morgan fingerprint density at radius 2 is 1.86 bits per heavy atom. The average molecular weight is 429 g/mol. The molecular formula is C22H24N2O3S2. The number of primary amides is 1. The second-order valence-corrected chi connectivity index (χ2v) is 11.7. The van der Waals surface area contributed by atoms with Gasteiger partial charge in [0.15, 0.2) is 0 Å². The summed E-state index contributed by atoms with van der Waals surface area (Å²) in [5.74, 6) is 1.01. The van der Waals surface area contributed by atoms with Crippen molar-refractivity contribution < 1.29 is 13.2 Å². The maximum absolute atomic E-state index is 12.2. The molecule has 0 radical (unpaired) electrons. The highest BCUT2D eigenvalue weighted by molar-refractivity contribution is 7.91. The van der Waals surface area contributed by atoms with Crippen molar-refractivity contribution in [3.05, 3.63) is 45.8 Å². The lowest BCUT2D eigenvalue weighted by Crippen LogP contribution is -2.22. The van der Waals surface area contributed by atoms with Crippen molar-refractivity contribution in [3.63, 3.8) is 0 Å². The lowest BCUT2D eigenvalue weighted by Gasteiger charge is -2.21. The number of hydrogen-bond acceptors (Lipinski definition) is 4. The second-order valence-electron chi connectivity index (χ2n) is 8.43. The molecule has 1 aliphatic heterocycles. The number of carbonyl (C=O) groups is 1. The Hall–Kier alpha value is -2.12. The number of aromatic nitrogens is 1. The fraction of sp³-hybridized carbons (Fsp3) is 0.409. The van der Waals surface area contributed by atoms with Gasteiger partial charge >= 0.3 is 0 Å². The highest BCUT2D eigenvalue weighted by atomic mass is 32.2. The van der Waals surface area contributed by atoms with Gasteiger partial charge in [-0.3, -0.25) is 4.79 Å². The number of amides is 1. The number of carbonyl (C=O) groups excluding carboxylic acids is 1. The van der Waals surface area contributed by atoms with E-state index < -0.39 is 15.7 Å². The monoisotopic (exact) mass is 428 g/mol. The minimum absolute atomic E-state index is 0.177. The van der Waals surface area contributed by atoms with Crippen molar-refractivity contribution in [2.45, 2.75) is 38.0 Å². The number of thiophene rings is 1. The van der Waals surface area contributed by atoms with Gasteiger partial charge in [-0.25, -0.2) is 8.42 Å². The van der Waals surface area contributed by atoms with E-state index in [1.54, 1.807) is 11.3 Å². The molecule has 29 heavy (non-hydrogen) atoms. The van der Waals surface area contributed by atoms with Crippen LogP contribution in [0.25, 0.3) is 22.0 Å². The van der Waals surface area contributed by atoms with Crippen LogP contribution in [-0.2, 0) is 16.3 Å². The summed E-state index contributed by atoms with van der Waals surface area (Å²) >= 11 is 1.78. The number of rotatable bonds is 5. The topological polar surface area (TPSA) is 93.0 Å². The molecule has 5 nitrogen and oxygen atoms in total. The molecule has 7 heteroatoms. The largest absolute Gasteiger partial charge is 0.366 e. The molecular weight excluding hydrogens is 404 g/mol. The first-order valence-electron chi connectivity index (χ1n) is 10.1. The first kappa shape index (κ1) is 18.9. The molecule has 3 heterocycles. The molecule has 2 fully saturated rings. The number of sulfone groups is 1. The van der Waals surface area contributed by atoms with Crippen molar-refractivity contribution in [1.29, 1.82) is 0 Å². The van der Waals surface area contributed by atoms with Crippen molar-refractivity contribution in [1.82, 2.24) is 4.98 Å². The molecule has 3 N–H and O–H groups in total. The third kappa shape index (κ3) is 3.73. The van der Waals surface area contributed by atoms with Crippen LogP contribution in [0.5, 0.6) is 0 Å². The van der Waals surface area contributed by atoms with Crippen LogP contribution in [-0.4, -0.2) is 30.8 Å². The van der Waals surface area contributed by atoms with Crippen molar-refractivity contribution in [2.24, 2.45) is 11.7 Å². The van der Waals surface area contributed by atoms with Gasteiger partial charge in [-0.15, -0.1) is 11.3 Å². The molecule has 3 aromatic rings. The van der Waals surface area contributed by atoms with Gasteiger partial charge < -0.3 is 10.7 Å². The number of nitrogens with one attached hydrogen (secondary N) is 1. The summed E-state index contributed by atoms with van der Waals surface area (Å²) in [5.41, 5.74) is 10.1. The fourth-order valence-electron chi connectivity index (χ4n) is 4.40. The molecule has 1 saturated carbocycles. The minimum atomic E-state index is -2.92. The van der Waals surface area contributed by atoms with Crippen LogP contribution in [0.3, 0.4) is 0 Å². The van der Waals surface area contributed by atoms with E-state index in [0.29, 0.717) is 18.4 Å². The third-order valence-corrected chi connectivity index (χ3v) is 8.93. The molecule has 2 aromatic heterocycles. The van der Waals surface area contributed by atoms with Gasteiger partial charge in [0.25, 0.3) is 5.91 Å². The van der Waals surface area contributed by atoms with Crippen molar-refractivity contribution >= 4 is 38.0 Å². The molecule has 1 saturated heterocycles. The zero-order valence-corrected chi connectivity index (χ0v) is 17.7. The average Bonchev–Trinajstić information content (AvgIpc) is 3.20. The van der Waals surface area contributed by atoms with Gasteiger partial charge in [-0.1, -0.05) is 0 Å². The van der Waals surface area contributed by atoms with E-state index in [2.05, 4.69) is 22.5 Å². The number of fused-ring (bicyclic) bond motifs is 1. The van der Waals surface area contributed by atoms with Crippen LogP contribution in [0, 0.1) is 5.92 Å². The first-order chi connectivity index (χ1) is 13.9. The minimum Gasteiger partial charge on any atom is -0.366 e. The summed E-state index contributed by atoms with van der Waals surface area (Å²) in [6.45, 7) is 0. The fourth-order valence-corrected chi connectivity index (χ4v) is 6.90. The summed E-state index contributed by atoms with van der Waals surface area (Å²) in [7, 11) is -2.92. The highest BCUT2D eigenvalue weighted by Gasteiger charge is 2.27. The van der Waals surface area contributed by atoms with E-state index in [4.69, 9.17) is 5.73 Å². The number of benzene rings is 1. The van der Waals surface area contributed by atoms with Crippen LogP contribution in [0.2, 0.25) is 0 Å². The van der Waals surface area contributed by atoms with Crippen LogP contribution in [0.4, 0.5) is 0 Å². The van der Waals surface area contributed by atoms with Gasteiger partial charge in [0.2, 0.25) is 0 Å². The Labute approximate surface area is 174 Å². The SMILES string of the molecule is NC(=O)c1cc(-c2csc(CC3CC3)c2)cc2c(C3CCS(=O)(=O)CC3)c[nH]c12. The molecule has 2 aliphatic rings. The first-order valence-corrected chi connectivity index (χ1v) is 12.8. The van der Waals surface area contributed by atoms with E-state index in [-0.39, 0.29) is 17.4 Å². The summed E-state index contributed by atoms with van der Waals surface area (Å²) in [6.07, 6.45) is 6.96.